The largest absolute Gasteiger partial charge is 0.497 e. The van der Waals surface area contributed by atoms with Crippen LogP contribution in [0.15, 0.2) is 18.2 Å². The van der Waals surface area contributed by atoms with Gasteiger partial charge in [0.05, 0.1) is 14.2 Å². The van der Waals surface area contributed by atoms with E-state index in [1.807, 2.05) is 18.2 Å². The number of nitrogens with one attached hydrogen (secondary N) is 1. The fraction of sp³-hybridized carbons (Fsp3) is 0.571. The van der Waals surface area contributed by atoms with E-state index >= 15 is 0 Å². The maximum atomic E-state index is 5.84. The molecule has 18 heavy (non-hydrogen) atoms. The summed E-state index contributed by atoms with van der Waals surface area (Å²) in [5, 5.41) is 3.45. The zero-order chi connectivity index (χ0) is 13.5. The first kappa shape index (κ1) is 14.8. The van der Waals surface area contributed by atoms with Gasteiger partial charge < -0.3 is 20.5 Å². The number of hydrogen-bond acceptors (Lipinski definition) is 4. The molecule has 0 radical (unpaired) electrons. The van der Waals surface area contributed by atoms with Crippen molar-refractivity contribution in [3.8, 4) is 11.5 Å². The summed E-state index contributed by atoms with van der Waals surface area (Å²) in [6.07, 6.45) is 0. The average molecular weight is 252 g/mol. The minimum absolute atomic E-state index is 0.105. The molecule has 102 valence electrons. The highest BCUT2D eigenvalue weighted by Gasteiger charge is 2.15. The van der Waals surface area contributed by atoms with E-state index in [2.05, 4.69) is 19.2 Å². The zero-order valence-corrected chi connectivity index (χ0v) is 11.7. The summed E-state index contributed by atoms with van der Waals surface area (Å²) in [6.45, 7) is 5.81. The molecular weight excluding hydrogens is 228 g/mol. The lowest BCUT2D eigenvalue weighted by molar-refractivity contribution is 0.382. The molecule has 0 aliphatic rings. The van der Waals surface area contributed by atoms with E-state index in [0.717, 1.165) is 23.6 Å². The Hall–Kier alpha value is -1.26. The molecule has 0 aliphatic carbocycles. The van der Waals surface area contributed by atoms with Crippen molar-refractivity contribution in [3.05, 3.63) is 23.8 Å². The number of ether oxygens (including phenoxy) is 2. The standard InChI is InChI=1S/C14H24N2O2/c1-10(2)9-16-13(8-15)12-6-5-11(17-3)7-14(12)18-4/h5-7,10,13,16H,8-9,15H2,1-4H3. The van der Waals surface area contributed by atoms with Crippen molar-refractivity contribution in [2.24, 2.45) is 11.7 Å². The lowest BCUT2D eigenvalue weighted by Gasteiger charge is -2.21. The first-order chi connectivity index (χ1) is 8.62. The topological polar surface area (TPSA) is 56.5 Å². The lowest BCUT2D eigenvalue weighted by Crippen LogP contribution is -2.31. The molecule has 1 unspecified atom stereocenters. The van der Waals surface area contributed by atoms with Crippen LogP contribution < -0.4 is 20.5 Å². The van der Waals surface area contributed by atoms with Gasteiger partial charge in [0.2, 0.25) is 0 Å². The highest BCUT2D eigenvalue weighted by molar-refractivity contribution is 5.42. The first-order valence-electron chi connectivity index (χ1n) is 6.27. The Morgan fingerprint density at radius 3 is 2.44 bits per heavy atom. The average Bonchev–Trinajstić information content (AvgIpc) is 2.39. The number of nitrogens with two attached hydrogens (primary N) is 1. The van der Waals surface area contributed by atoms with Gasteiger partial charge in [0.1, 0.15) is 11.5 Å². The van der Waals surface area contributed by atoms with Gasteiger partial charge in [-0.05, 0) is 18.5 Å². The van der Waals surface area contributed by atoms with E-state index < -0.39 is 0 Å². The first-order valence-corrected chi connectivity index (χ1v) is 6.27. The van der Waals surface area contributed by atoms with E-state index in [1.54, 1.807) is 14.2 Å². The van der Waals surface area contributed by atoms with E-state index in [9.17, 15) is 0 Å². The van der Waals surface area contributed by atoms with Crippen LogP contribution in [0.25, 0.3) is 0 Å². The second-order valence-corrected chi connectivity index (χ2v) is 4.70. The molecule has 0 aromatic heterocycles. The van der Waals surface area contributed by atoms with Crippen LogP contribution in [0.3, 0.4) is 0 Å². The van der Waals surface area contributed by atoms with Crippen molar-refractivity contribution in [2.45, 2.75) is 19.9 Å². The molecule has 0 heterocycles. The molecule has 0 spiro atoms. The van der Waals surface area contributed by atoms with Crippen molar-refractivity contribution < 1.29 is 9.47 Å². The highest BCUT2D eigenvalue weighted by Crippen LogP contribution is 2.29. The Morgan fingerprint density at radius 1 is 1.22 bits per heavy atom. The van der Waals surface area contributed by atoms with Crippen LogP contribution >= 0.6 is 0 Å². The Labute approximate surface area is 109 Å². The number of methoxy groups -OCH3 is 2. The molecule has 1 aromatic rings. The van der Waals surface area contributed by atoms with Crippen LogP contribution in [-0.4, -0.2) is 27.3 Å². The molecule has 1 atom stereocenters. The molecule has 4 heteroatoms. The van der Waals surface area contributed by atoms with Crippen molar-refractivity contribution in [1.29, 1.82) is 0 Å². The molecule has 0 saturated heterocycles. The smallest absolute Gasteiger partial charge is 0.127 e. The van der Waals surface area contributed by atoms with Crippen molar-refractivity contribution in [1.82, 2.24) is 5.32 Å². The molecule has 1 aromatic carbocycles. The van der Waals surface area contributed by atoms with Gasteiger partial charge in [-0.2, -0.15) is 0 Å². The monoisotopic (exact) mass is 252 g/mol. The third-order valence-electron chi connectivity index (χ3n) is 2.82. The van der Waals surface area contributed by atoms with Crippen LogP contribution in [0.2, 0.25) is 0 Å². The fourth-order valence-electron chi connectivity index (χ4n) is 1.80. The lowest BCUT2D eigenvalue weighted by atomic mass is 10.0. The second-order valence-electron chi connectivity index (χ2n) is 4.70. The molecule has 0 fully saturated rings. The predicted molar refractivity (Wildman–Crippen MR) is 74.2 cm³/mol. The Morgan fingerprint density at radius 2 is 1.94 bits per heavy atom. The van der Waals surface area contributed by atoms with Gasteiger partial charge in [-0.15, -0.1) is 0 Å². The third kappa shape index (κ3) is 3.89. The molecule has 0 amide bonds. The molecule has 0 aliphatic heterocycles. The molecule has 0 saturated carbocycles. The van der Waals surface area contributed by atoms with Crippen LogP contribution in [0.5, 0.6) is 11.5 Å². The summed E-state index contributed by atoms with van der Waals surface area (Å²) < 4.78 is 10.6. The minimum Gasteiger partial charge on any atom is -0.497 e. The minimum atomic E-state index is 0.105. The van der Waals surface area contributed by atoms with Gasteiger partial charge in [-0.3, -0.25) is 0 Å². The van der Waals surface area contributed by atoms with Gasteiger partial charge in [0.15, 0.2) is 0 Å². The highest BCUT2D eigenvalue weighted by atomic mass is 16.5. The normalized spacial score (nSPS) is 12.6. The maximum absolute atomic E-state index is 5.84. The van der Waals surface area contributed by atoms with Crippen molar-refractivity contribution in [2.75, 3.05) is 27.3 Å². The molecule has 1 rings (SSSR count). The third-order valence-corrected chi connectivity index (χ3v) is 2.82. The van der Waals surface area contributed by atoms with Crippen LogP contribution in [-0.2, 0) is 0 Å². The summed E-state index contributed by atoms with van der Waals surface area (Å²) in [7, 11) is 3.31. The van der Waals surface area contributed by atoms with Gasteiger partial charge >= 0.3 is 0 Å². The summed E-state index contributed by atoms with van der Waals surface area (Å²) in [5.41, 5.74) is 6.91. The van der Waals surface area contributed by atoms with Crippen molar-refractivity contribution in [3.63, 3.8) is 0 Å². The molecule has 3 N–H and O–H groups in total. The van der Waals surface area contributed by atoms with Crippen LogP contribution in [0.1, 0.15) is 25.5 Å². The van der Waals surface area contributed by atoms with Gasteiger partial charge in [-0.25, -0.2) is 0 Å². The Balaban J connectivity index is 2.90. The Kier molecular flexibility index (Phi) is 5.95. The quantitative estimate of drug-likeness (QED) is 0.779. The molecular formula is C14H24N2O2. The predicted octanol–water partition coefficient (Wildman–Crippen LogP) is 1.95. The summed E-state index contributed by atoms with van der Waals surface area (Å²) in [5.74, 6) is 2.18. The number of rotatable bonds is 7. The van der Waals surface area contributed by atoms with Crippen LogP contribution in [0, 0.1) is 5.92 Å². The second kappa shape index (κ2) is 7.24. The summed E-state index contributed by atoms with van der Waals surface area (Å²) in [6, 6.07) is 5.92. The number of hydrogen-bond donors (Lipinski definition) is 2. The van der Waals surface area contributed by atoms with Crippen LogP contribution in [0.4, 0.5) is 0 Å². The van der Waals surface area contributed by atoms with E-state index in [-0.39, 0.29) is 6.04 Å². The zero-order valence-electron chi connectivity index (χ0n) is 11.7. The summed E-state index contributed by atoms with van der Waals surface area (Å²) >= 11 is 0. The van der Waals surface area contributed by atoms with E-state index in [0.29, 0.717) is 12.5 Å². The van der Waals surface area contributed by atoms with Gasteiger partial charge in [0, 0.05) is 24.2 Å². The maximum Gasteiger partial charge on any atom is 0.127 e. The SMILES string of the molecule is COc1ccc(C(CN)NCC(C)C)c(OC)c1. The summed E-state index contributed by atoms with van der Waals surface area (Å²) in [4.78, 5) is 0. The van der Waals surface area contributed by atoms with Crippen molar-refractivity contribution >= 4 is 0 Å². The fourth-order valence-corrected chi connectivity index (χ4v) is 1.80. The van der Waals surface area contributed by atoms with E-state index in [1.165, 1.54) is 0 Å². The van der Waals surface area contributed by atoms with Gasteiger partial charge in [0.25, 0.3) is 0 Å². The van der Waals surface area contributed by atoms with Gasteiger partial charge in [-0.1, -0.05) is 19.9 Å². The Bertz CT molecular complexity index is 367. The van der Waals surface area contributed by atoms with E-state index in [4.69, 9.17) is 15.2 Å². The molecule has 4 nitrogen and oxygen atoms in total. The molecule has 0 bridgehead atoms. The number of benzene rings is 1.